The van der Waals surface area contributed by atoms with E-state index in [1.165, 1.54) is 13.0 Å². The molecule has 1 radical (unpaired) electrons. The van der Waals surface area contributed by atoms with Crippen LogP contribution in [0.4, 0.5) is 17.6 Å². The molecule has 0 fully saturated rings. The molecule has 0 heterocycles. The van der Waals surface area contributed by atoms with E-state index >= 15 is 0 Å². The van der Waals surface area contributed by atoms with Crippen molar-refractivity contribution < 1.29 is 58.9 Å². The summed E-state index contributed by atoms with van der Waals surface area (Å²) in [7, 11) is 0. The summed E-state index contributed by atoms with van der Waals surface area (Å²) in [4.78, 5) is 0. The second-order valence-corrected chi connectivity index (χ2v) is 5.85. The number of aryl methyl sites for hydroxylation is 4. The summed E-state index contributed by atoms with van der Waals surface area (Å²) in [5.74, 6) is -0.206. The fourth-order valence-corrected chi connectivity index (χ4v) is 2.51. The zero-order chi connectivity index (χ0) is 22.5. The summed E-state index contributed by atoms with van der Waals surface area (Å²) < 4.78 is 50.2. The van der Waals surface area contributed by atoms with Gasteiger partial charge in [-0.1, -0.05) is 66.5 Å². The Morgan fingerprint density at radius 3 is 1.76 bits per heavy atom. The maximum atomic E-state index is 12.8. The van der Waals surface area contributed by atoms with Crippen molar-refractivity contribution in [2.24, 2.45) is 0 Å². The quantitative estimate of drug-likeness (QED) is 0.254. The van der Waals surface area contributed by atoms with Gasteiger partial charge in [-0.3, -0.25) is 0 Å². The van der Waals surface area contributed by atoms with Crippen LogP contribution in [0.2, 0.25) is 5.02 Å². The van der Waals surface area contributed by atoms with Gasteiger partial charge in [0.05, 0.1) is 5.56 Å². The maximum absolute atomic E-state index is 12.8. The SMILES string of the molecule is CC.CC.CCc1cc(C(F)(F)F)c(C)cc1Cl.CCc1ccc(C)[c-]c1F.[Pr]. The van der Waals surface area contributed by atoms with Crippen LogP contribution in [-0.2, 0) is 19.0 Å². The van der Waals surface area contributed by atoms with Gasteiger partial charge in [0, 0.05) is 52.1 Å². The third-order valence-corrected chi connectivity index (χ3v) is 3.94. The molecule has 2 aromatic carbocycles. The van der Waals surface area contributed by atoms with Crippen molar-refractivity contribution in [2.45, 2.75) is 74.4 Å². The smallest absolute Gasteiger partial charge is 0.236 e. The number of rotatable bonds is 2. The van der Waals surface area contributed by atoms with Crippen LogP contribution < -0.4 is 0 Å². The minimum absolute atomic E-state index is 0. The molecular weight excluding hydrogens is 529 g/mol. The molecule has 2 rings (SSSR count). The fourth-order valence-electron chi connectivity index (χ4n) is 2.16. The molecule has 2 aromatic rings. The van der Waals surface area contributed by atoms with Crippen LogP contribution in [0.3, 0.4) is 0 Å². The van der Waals surface area contributed by atoms with Crippen LogP contribution >= 0.6 is 11.6 Å². The second kappa shape index (κ2) is 17.5. The van der Waals surface area contributed by atoms with Crippen molar-refractivity contribution in [3.05, 3.63) is 69.0 Å². The molecule has 0 spiro atoms. The number of alkyl halides is 3. The topological polar surface area (TPSA) is 0 Å². The Hall–Kier alpha value is -0.186. The monoisotopic (exact) mass is 560 g/mol. The van der Waals surface area contributed by atoms with E-state index < -0.39 is 11.7 Å². The molecule has 0 amide bonds. The molecule has 0 N–H and O–H groups in total. The maximum Gasteiger partial charge on any atom is 0.416 e. The molecule has 0 nitrogen and oxygen atoms in total. The fraction of sp³-hybridized carbons (Fsp3) is 0.478. The van der Waals surface area contributed by atoms with E-state index in [9.17, 15) is 17.6 Å². The molecular formula is C23H32ClF4Pr-. The average molecular weight is 561 g/mol. The van der Waals surface area contributed by atoms with Crippen LogP contribution in [0.25, 0.3) is 0 Å². The zero-order valence-electron chi connectivity index (χ0n) is 18.7. The standard InChI is InChI=1S/C10H10ClF3.C9H10F.2C2H6.Pr/c1-3-7-5-8(10(12,13)14)6(2)4-9(7)11;1-3-8-5-4-7(2)6-9(8)10;2*1-2;/h4-5H,3H2,1-2H3;4-5H,3H2,1-2H3;2*1-2H3;/q;-1;;;. The number of benzene rings is 2. The molecule has 0 aliphatic rings. The molecule has 0 aliphatic heterocycles. The van der Waals surface area contributed by atoms with Crippen LogP contribution in [0.15, 0.2) is 24.3 Å². The Balaban J connectivity index is -0.000000399. The van der Waals surface area contributed by atoms with E-state index in [-0.39, 0.29) is 52.7 Å². The van der Waals surface area contributed by atoms with Crippen molar-refractivity contribution in [3.63, 3.8) is 0 Å². The van der Waals surface area contributed by atoms with E-state index in [4.69, 9.17) is 11.6 Å². The summed E-state index contributed by atoms with van der Waals surface area (Å²) in [5.41, 5.74) is 1.70. The van der Waals surface area contributed by atoms with Crippen LogP contribution in [0.5, 0.6) is 0 Å². The molecule has 0 saturated carbocycles. The Morgan fingerprint density at radius 2 is 1.38 bits per heavy atom. The first-order valence-corrected chi connectivity index (χ1v) is 10.0. The van der Waals surface area contributed by atoms with E-state index in [0.29, 0.717) is 17.0 Å². The Labute approximate surface area is 212 Å². The van der Waals surface area contributed by atoms with Crippen molar-refractivity contribution in [3.8, 4) is 0 Å². The number of halogens is 5. The minimum atomic E-state index is -4.29. The Bertz CT molecular complexity index is 698. The molecule has 0 aliphatic carbocycles. The van der Waals surface area contributed by atoms with Gasteiger partial charge < -0.3 is 0 Å². The molecule has 0 aromatic heterocycles. The minimum Gasteiger partial charge on any atom is -0.236 e. The van der Waals surface area contributed by atoms with E-state index in [1.807, 2.05) is 47.6 Å². The van der Waals surface area contributed by atoms with Crippen molar-refractivity contribution >= 4 is 11.6 Å². The summed E-state index contributed by atoms with van der Waals surface area (Å²) in [6.45, 7) is 15.0. The van der Waals surface area contributed by atoms with Gasteiger partial charge in [-0.25, -0.2) is 4.39 Å². The molecule has 0 atom stereocenters. The first kappa shape index (κ1) is 33.5. The zero-order valence-corrected chi connectivity index (χ0v) is 23.2. The van der Waals surface area contributed by atoms with Crippen molar-refractivity contribution in [2.75, 3.05) is 0 Å². The van der Waals surface area contributed by atoms with E-state index in [0.717, 1.165) is 23.6 Å². The number of hydrogen-bond donors (Lipinski definition) is 0. The summed E-state index contributed by atoms with van der Waals surface area (Å²) in [6.07, 6.45) is -3.05. The van der Waals surface area contributed by atoms with Gasteiger partial charge in [-0.15, -0.1) is 11.6 Å². The van der Waals surface area contributed by atoms with Gasteiger partial charge in [0.25, 0.3) is 0 Å². The third kappa shape index (κ3) is 12.3. The Morgan fingerprint density at radius 1 is 0.897 bits per heavy atom. The van der Waals surface area contributed by atoms with E-state index in [1.54, 1.807) is 13.0 Å². The summed E-state index contributed by atoms with van der Waals surface area (Å²) in [6, 6.07) is 8.79. The third-order valence-electron chi connectivity index (χ3n) is 3.58. The Kier molecular flexibility index (Phi) is 20.2. The van der Waals surface area contributed by atoms with Gasteiger partial charge in [0.1, 0.15) is 0 Å². The molecule has 6 heteroatoms. The normalized spacial score (nSPS) is 9.55. The number of hydrogen-bond acceptors (Lipinski definition) is 0. The molecule has 163 valence electrons. The van der Waals surface area contributed by atoms with Crippen LogP contribution in [0, 0.1) is 67.0 Å². The largest absolute Gasteiger partial charge is 0.416 e. The first-order valence-electron chi connectivity index (χ1n) is 9.63. The van der Waals surface area contributed by atoms with Gasteiger partial charge in [0.2, 0.25) is 0 Å². The predicted octanol–water partition coefficient (Wildman–Crippen LogP) is 8.78. The first-order chi connectivity index (χ1) is 13.1. The average Bonchev–Trinajstić information content (AvgIpc) is 2.65. The second-order valence-electron chi connectivity index (χ2n) is 5.44. The van der Waals surface area contributed by atoms with Gasteiger partial charge in [-0.2, -0.15) is 30.9 Å². The van der Waals surface area contributed by atoms with E-state index in [2.05, 4.69) is 6.07 Å². The predicted molar refractivity (Wildman–Crippen MR) is 113 cm³/mol. The molecule has 0 bridgehead atoms. The van der Waals surface area contributed by atoms with Crippen molar-refractivity contribution in [1.82, 2.24) is 0 Å². The van der Waals surface area contributed by atoms with Gasteiger partial charge in [0.15, 0.2) is 0 Å². The van der Waals surface area contributed by atoms with Gasteiger partial charge in [-0.05, 0) is 36.6 Å². The van der Waals surface area contributed by atoms with Crippen LogP contribution in [-0.4, -0.2) is 0 Å². The molecule has 0 saturated heterocycles. The molecule has 29 heavy (non-hydrogen) atoms. The summed E-state index contributed by atoms with van der Waals surface area (Å²) >= 11 is 5.78. The summed E-state index contributed by atoms with van der Waals surface area (Å²) in [5, 5.41) is 0.401. The molecule has 0 unspecified atom stereocenters. The van der Waals surface area contributed by atoms with Crippen LogP contribution in [0.1, 0.15) is 69.4 Å². The van der Waals surface area contributed by atoms with Crippen molar-refractivity contribution in [1.29, 1.82) is 0 Å². The van der Waals surface area contributed by atoms with Gasteiger partial charge >= 0.3 is 6.18 Å².